The average Bonchev–Trinajstić information content (AvgIpc) is 2.45. The topological polar surface area (TPSA) is 67.2 Å². The Morgan fingerprint density at radius 1 is 1.54 bits per heavy atom. The van der Waals surface area contributed by atoms with Crippen molar-refractivity contribution in [1.29, 1.82) is 5.41 Å². The van der Waals surface area contributed by atoms with Crippen molar-refractivity contribution in [3.05, 3.63) is 35.9 Å². The molecule has 0 atom stereocenters. The van der Waals surface area contributed by atoms with Crippen LogP contribution in [0.2, 0.25) is 0 Å². The molecule has 0 unspecified atom stereocenters. The van der Waals surface area contributed by atoms with Crippen molar-refractivity contribution >= 4 is 11.4 Å². The van der Waals surface area contributed by atoms with E-state index in [1.165, 1.54) is 0 Å². The molecule has 0 spiro atoms. The molecule has 2 rings (SSSR count). The van der Waals surface area contributed by atoms with Gasteiger partial charge in [-0.15, -0.1) is 0 Å². The van der Waals surface area contributed by atoms with Crippen LogP contribution in [0.15, 0.2) is 24.4 Å². The molecule has 3 N–H and O–H groups in total. The summed E-state index contributed by atoms with van der Waals surface area (Å²) in [5.41, 5.74) is 6.84. The van der Waals surface area contributed by atoms with Crippen LogP contribution in [0, 0.1) is 12.3 Å². The molecule has 0 aliphatic carbocycles. The molecule has 0 amide bonds. The van der Waals surface area contributed by atoms with Gasteiger partial charge in [-0.05, 0) is 19.1 Å². The molecule has 0 aromatic carbocycles. The molecule has 0 bridgehead atoms. The lowest BCUT2D eigenvalue weighted by Crippen LogP contribution is -2.11. The third-order valence-electron chi connectivity index (χ3n) is 1.98. The molecule has 4 heteroatoms. The first-order valence-corrected chi connectivity index (χ1v) is 3.98. The van der Waals surface area contributed by atoms with E-state index in [1.807, 2.05) is 35.7 Å². The zero-order chi connectivity index (χ0) is 9.42. The van der Waals surface area contributed by atoms with E-state index in [9.17, 15) is 0 Å². The van der Waals surface area contributed by atoms with E-state index in [0.717, 1.165) is 11.3 Å². The minimum absolute atomic E-state index is 0.0109. The van der Waals surface area contributed by atoms with E-state index < -0.39 is 0 Å². The van der Waals surface area contributed by atoms with Crippen LogP contribution in [-0.2, 0) is 0 Å². The molecular weight excluding hydrogens is 164 g/mol. The van der Waals surface area contributed by atoms with E-state index in [1.54, 1.807) is 0 Å². The van der Waals surface area contributed by atoms with Gasteiger partial charge in [-0.2, -0.15) is 0 Å². The van der Waals surface area contributed by atoms with Gasteiger partial charge >= 0.3 is 0 Å². The molecule has 2 heterocycles. The zero-order valence-electron chi connectivity index (χ0n) is 7.28. The van der Waals surface area contributed by atoms with Gasteiger partial charge < -0.3 is 10.1 Å². The molecule has 2 aromatic heterocycles. The summed E-state index contributed by atoms with van der Waals surface area (Å²) < 4.78 is 1.91. The van der Waals surface area contributed by atoms with Crippen molar-refractivity contribution in [2.24, 2.45) is 5.73 Å². The van der Waals surface area contributed by atoms with Gasteiger partial charge in [0, 0.05) is 6.20 Å². The van der Waals surface area contributed by atoms with E-state index in [4.69, 9.17) is 11.1 Å². The molecule has 4 nitrogen and oxygen atoms in total. The fourth-order valence-corrected chi connectivity index (χ4v) is 1.39. The number of aromatic nitrogens is 2. The summed E-state index contributed by atoms with van der Waals surface area (Å²) in [7, 11) is 0. The van der Waals surface area contributed by atoms with Gasteiger partial charge in [0.2, 0.25) is 0 Å². The van der Waals surface area contributed by atoms with Crippen molar-refractivity contribution in [2.45, 2.75) is 6.92 Å². The smallest absolute Gasteiger partial charge is 0.144 e. The minimum Gasteiger partial charge on any atom is -0.382 e. The summed E-state index contributed by atoms with van der Waals surface area (Å²) in [6.07, 6.45) is 1.91. The number of aryl methyl sites for hydroxylation is 1. The lowest BCUT2D eigenvalue weighted by atomic mass is 10.3. The second kappa shape index (κ2) is 2.58. The molecule has 0 aliphatic rings. The maximum atomic E-state index is 7.33. The number of nitrogens with one attached hydrogen (secondary N) is 1. The summed E-state index contributed by atoms with van der Waals surface area (Å²) in [4.78, 5) is 4.20. The van der Waals surface area contributed by atoms with E-state index in [-0.39, 0.29) is 5.84 Å². The number of nitrogens with two attached hydrogens (primary N) is 1. The highest BCUT2D eigenvalue weighted by molar-refractivity contribution is 5.99. The minimum atomic E-state index is 0.0109. The first kappa shape index (κ1) is 7.79. The number of hydrogen-bond donors (Lipinski definition) is 2. The molecule has 0 saturated heterocycles. The van der Waals surface area contributed by atoms with Crippen LogP contribution >= 0.6 is 0 Å². The highest BCUT2D eigenvalue weighted by Gasteiger charge is 2.08. The number of rotatable bonds is 1. The first-order valence-electron chi connectivity index (χ1n) is 3.98. The van der Waals surface area contributed by atoms with Crippen LogP contribution in [0.1, 0.15) is 11.5 Å². The van der Waals surface area contributed by atoms with Gasteiger partial charge in [0.15, 0.2) is 0 Å². The van der Waals surface area contributed by atoms with Crippen molar-refractivity contribution in [3.63, 3.8) is 0 Å². The fourth-order valence-electron chi connectivity index (χ4n) is 1.39. The molecule has 0 radical (unpaired) electrons. The molecule has 0 saturated carbocycles. The summed E-state index contributed by atoms with van der Waals surface area (Å²) in [5.74, 6) is 0.859. The number of imidazole rings is 1. The quantitative estimate of drug-likeness (QED) is 0.498. The molecule has 2 aromatic rings. The molecule has 66 valence electrons. The molecule has 13 heavy (non-hydrogen) atoms. The van der Waals surface area contributed by atoms with Gasteiger partial charge in [0.1, 0.15) is 17.4 Å². The monoisotopic (exact) mass is 174 g/mol. The number of amidine groups is 1. The Bertz CT molecular complexity index is 469. The fraction of sp³-hybridized carbons (Fsp3) is 0.111. The van der Waals surface area contributed by atoms with E-state index in [0.29, 0.717) is 5.69 Å². The third-order valence-corrected chi connectivity index (χ3v) is 1.98. The number of nitrogen functional groups attached to an aromatic ring is 1. The van der Waals surface area contributed by atoms with Gasteiger partial charge in [-0.25, -0.2) is 4.98 Å². The Hall–Kier alpha value is -1.84. The molecular formula is C9H10N4. The predicted octanol–water partition coefficient (Wildman–Crippen LogP) is 0.927. The van der Waals surface area contributed by atoms with Crippen molar-refractivity contribution in [1.82, 2.24) is 9.38 Å². The number of hydrogen-bond acceptors (Lipinski definition) is 2. The van der Waals surface area contributed by atoms with Crippen molar-refractivity contribution in [3.8, 4) is 0 Å². The van der Waals surface area contributed by atoms with Gasteiger partial charge in [-0.3, -0.25) is 5.41 Å². The normalized spacial score (nSPS) is 10.5. The standard InChI is InChI=1S/C9H10N4/c1-6-12-8(9(10)11)7-4-2-3-5-13(6)7/h2-5H,1H3,(H3,10,11). The largest absolute Gasteiger partial charge is 0.382 e. The second-order valence-electron chi connectivity index (χ2n) is 2.88. The summed E-state index contributed by atoms with van der Waals surface area (Å²) in [6.45, 7) is 1.89. The second-order valence-corrected chi connectivity index (χ2v) is 2.88. The third kappa shape index (κ3) is 1.07. The van der Waals surface area contributed by atoms with Crippen LogP contribution in [-0.4, -0.2) is 15.2 Å². The zero-order valence-corrected chi connectivity index (χ0v) is 7.28. The maximum Gasteiger partial charge on any atom is 0.144 e. The Labute approximate surface area is 75.5 Å². The van der Waals surface area contributed by atoms with Gasteiger partial charge in [0.05, 0.1) is 5.52 Å². The lowest BCUT2D eigenvalue weighted by molar-refractivity contribution is 1.04. The lowest BCUT2D eigenvalue weighted by Gasteiger charge is -1.94. The molecule has 0 fully saturated rings. The maximum absolute atomic E-state index is 7.33. The number of pyridine rings is 1. The van der Waals surface area contributed by atoms with Gasteiger partial charge in [0.25, 0.3) is 0 Å². The summed E-state index contributed by atoms with van der Waals surface area (Å²) in [6, 6.07) is 5.73. The predicted molar refractivity (Wildman–Crippen MR) is 50.9 cm³/mol. The van der Waals surface area contributed by atoms with Crippen molar-refractivity contribution < 1.29 is 0 Å². The SMILES string of the molecule is Cc1nc(C(=N)N)c2ccccn12. The first-order chi connectivity index (χ1) is 6.20. The van der Waals surface area contributed by atoms with Gasteiger partial charge in [-0.1, -0.05) is 6.07 Å². The van der Waals surface area contributed by atoms with E-state index >= 15 is 0 Å². The van der Waals surface area contributed by atoms with Crippen LogP contribution in [0.5, 0.6) is 0 Å². The Kier molecular flexibility index (Phi) is 1.55. The van der Waals surface area contributed by atoms with Crippen LogP contribution < -0.4 is 5.73 Å². The number of nitrogens with zero attached hydrogens (tertiary/aromatic N) is 2. The summed E-state index contributed by atoms with van der Waals surface area (Å²) in [5, 5.41) is 7.33. The van der Waals surface area contributed by atoms with Crippen LogP contribution in [0.25, 0.3) is 5.52 Å². The molecule has 0 aliphatic heterocycles. The number of fused-ring (bicyclic) bond motifs is 1. The average molecular weight is 174 g/mol. The highest BCUT2D eigenvalue weighted by Crippen LogP contribution is 2.11. The Morgan fingerprint density at radius 2 is 2.31 bits per heavy atom. The van der Waals surface area contributed by atoms with Crippen LogP contribution in [0.4, 0.5) is 0 Å². The van der Waals surface area contributed by atoms with Crippen LogP contribution in [0.3, 0.4) is 0 Å². The Morgan fingerprint density at radius 3 is 3.00 bits per heavy atom. The van der Waals surface area contributed by atoms with Crippen molar-refractivity contribution in [2.75, 3.05) is 0 Å². The van der Waals surface area contributed by atoms with E-state index in [2.05, 4.69) is 4.98 Å². The Balaban J connectivity index is 2.85. The highest BCUT2D eigenvalue weighted by atomic mass is 15.0. The summed E-state index contributed by atoms with van der Waals surface area (Å²) >= 11 is 0.